The van der Waals surface area contributed by atoms with E-state index in [1.165, 1.54) is 12.3 Å². The van der Waals surface area contributed by atoms with Crippen LogP contribution in [0.1, 0.15) is 57.6 Å². The molecule has 1 fully saturated rings. The van der Waals surface area contributed by atoms with E-state index in [0.29, 0.717) is 31.4 Å². The highest BCUT2D eigenvalue weighted by atomic mass is 16.6. The maximum atomic E-state index is 12.5. The molecule has 3 rings (SSSR count). The van der Waals surface area contributed by atoms with Gasteiger partial charge in [-0.2, -0.15) is 5.26 Å². The van der Waals surface area contributed by atoms with Crippen molar-refractivity contribution in [2.24, 2.45) is 5.92 Å². The summed E-state index contributed by atoms with van der Waals surface area (Å²) in [7, 11) is 0. The normalized spacial score (nSPS) is 23.2. The molecule has 0 saturated heterocycles. The molecule has 176 valence electrons. The zero-order valence-electron chi connectivity index (χ0n) is 18.9. The molecular formula is C24H30N4O5. The van der Waals surface area contributed by atoms with Gasteiger partial charge in [0.05, 0.1) is 30.7 Å². The number of nitrogens with one attached hydrogen (secondary N) is 3. The van der Waals surface area contributed by atoms with E-state index in [9.17, 15) is 14.4 Å². The average Bonchev–Trinajstić information content (AvgIpc) is 2.79. The Hall–Kier alpha value is -3.54. The van der Waals surface area contributed by atoms with Crippen LogP contribution in [0, 0.1) is 17.2 Å². The van der Waals surface area contributed by atoms with E-state index in [2.05, 4.69) is 16.0 Å². The Bertz CT molecular complexity index is 941. The van der Waals surface area contributed by atoms with Crippen molar-refractivity contribution in [3.05, 3.63) is 42.2 Å². The first-order valence-corrected chi connectivity index (χ1v) is 11.3. The Balaban J connectivity index is 1.50. The summed E-state index contributed by atoms with van der Waals surface area (Å²) in [6.07, 6.45) is 4.37. The fraction of sp³-hybridized carbons (Fsp3) is 0.500. The molecule has 0 bridgehead atoms. The van der Waals surface area contributed by atoms with Gasteiger partial charge in [0, 0.05) is 24.2 Å². The Morgan fingerprint density at radius 1 is 1.33 bits per heavy atom. The predicted octanol–water partition coefficient (Wildman–Crippen LogP) is 3.94. The van der Waals surface area contributed by atoms with E-state index in [0.717, 1.165) is 5.56 Å². The number of hydrogen-bond donors (Lipinski definition) is 3. The number of carbonyl (C=O) groups is 3. The van der Waals surface area contributed by atoms with Gasteiger partial charge >= 0.3 is 12.1 Å². The number of ether oxygens (including phenoxy) is 2. The van der Waals surface area contributed by atoms with Crippen LogP contribution in [0.5, 0.6) is 0 Å². The second kappa shape index (κ2) is 11.4. The lowest BCUT2D eigenvalue weighted by Gasteiger charge is -2.36. The van der Waals surface area contributed by atoms with Crippen LogP contribution < -0.4 is 16.0 Å². The lowest BCUT2D eigenvalue weighted by Crippen LogP contribution is -2.47. The van der Waals surface area contributed by atoms with Gasteiger partial charge in [0.1, 0.15) is 12.2 Å². The molecule has 1 aromatic rings. The minimum absolute atomic E-state index is 0.0796. The number of ketones is 1. The number of amides is 3. The summed E-state index contributed by atoms with van der Waals surface area (Å²) < 4.78 is 10.8. The number of benzene rings is 1. The van der Waals surface area contributed by atoms with E-state index in [1.807, 2.05) is 26.0 Å². The largest absolute Gasteiger partial charge is 0.497 e. The van der Waals surface area contributed by atoms with E-state index in [4.69, 9.17) is 14.7 Å². The molecule has 0 radical (unpaired) electrons. The van der Waals surface area contributed by atoms with Crippen LogP contribution in [-0.4, -0.2) is 36.2 Å². The Labute approximate surface area is 193 Å². The molecule has 9 heteroatoms. The molecular weight excluding hydrogens is 424 g/mol. The van der Waals surface area contributed by atoms with Gasteiger partial charge in [0.2, 0.25) is 0 Å². The summed E-state index contributed by atoms with van der Waals surface area (Å²) in [5.74, 6) is -0.0335. The van der Waals surface area contributed by atoms with Crippen molar-refractivity contribution in [2.75, 3.05) is 5.32 Å². The number of anilines is 1. The van der Waals surface area contributed by atoms with Crippen LogP contribution in [0.3, 0.4) is 0 Å². The van der Waals surface area contributed by atoms with Crippen LogP contribution in [0.15, 0.2) is 36.6 Å². The Kier molecular flexibility index (Phi) is 8.30. The van der Waals surface area contributed by atoms with Gasteiger partial charge in [-0.05, 0) is 43.9 Å². The van der Waals surface area contributed by atoms with Crippen molar-refractivity contribution in [1.29, 1.82) is 5.26 Å². The molecule has 1 aromatic carbocycles. The first-order chi connectivity index (χ1) is 15.9. The monoisotopic (exact) mass is 454 g/mol. The SMILES string of the molecule is CCC(CC#N)OC(=O)N[C@@H](C)c1cccc(NC(=O)NC2CCC3C(=O)C=COC3C2)c1. The number of fused-ring (bicyclic) bond motifs is 1. The van der Waals surface area contributed by atoms with E-state index < -0.39 is 12.2 Å². The predicted molar refractivity (Wildman–Crippen MR) is 121 cm³/mol. The van der Waals surface area contributed by atoms with E-state index in [1.54, 1.807) is 18.2 Å². The molecule has 1 aliphatic carbocycles. The smallest absolute Gasteiger partial charge is 0.407 e. The standard InChI is InChI=1S/C24H30N4O5/c1-3-19(9-11-25)33-24(31)26-15(2)16-5-4-6-17(13-16)27-23(30)28-18-7-8-20-21(29)10-12-32-22(20)14-18/h4-6,10,12-13,15,18-20,22H,3,7-9,14H2,1-2H3,(H,26,31)(H2,27,28,30)/t15-,18?,19?,20?,22?/m0/s1. The Morgan fingerprint density at radius 3 is 2.91 bits per heavy atom. The van der Waals surface area contributed by atoms with Gasteiger partial charge in [-0.25, -0.2) is 9.59 Å². The third kappa shape index (κ3) is 6.72. The number of carbonyl (C=O) groups excluding carboxylic acids is 3. The number of alkyl carbamates (subject to hydrolysis) is 1. The number of nitriles is 1. The molecule has 33 heavy (non-hydrogen) atoms. The summed E-state index contributed by atoms with van der Waals surface area (Å²) in [5, 5.41) is 17.3. The molecule has 9 nitrogen and oxygen atoms in total. The number of rotatable bonds is 7. The molecule has 1 heterocycles. The first-order valence-electron chi connectivity index (χ1n) is 11.3. The van der Waals surface area contributed by atoms with Gasteiger partial charge in [-0.15, -0.1) is 0 Å². The minimum atomic E-state index is -0.588. The third-order valence-corrected chi connectivity index (χ3v) is 6.00. The third-order valence-electron chi connectivity index (χ3n) is 6.00. The first kappa shape index (κ1) is 24.1. The quantitative estimate of drug-likeness (QED) is 0.572. The maximum absolute atomic E-state index is 12.5. The lowest BCUT2D eigenvalue weighted by atomic mass is 9.80. The van der Waals surface area contributed by atoms with Crippen molar-refractivity contribution in [1.82, 2.24) is 10.6 Å². The maximum Gasteiger partial charge on any atom is 0.407 e. The van der Waals surface area contributed by atoms with Crippen LogP contribution in [0.2, 0.25) is 0 Å². The summed E-state index contributed by atoms with van der Waals surface area (Å²) in [5.41, 5.74) is 1.38. The summed E-state index contributed by atoms with van der Waals surface area (Å²) >= 11 is 0. The molecule has 1 saturated carbocycles. The summed E-state index contributed by atoms with van der Waals surface area (Å²) in [4.78, 5) is 36.6. The Morgan fingerprint density at radius 2 is 2.15 bits per heavy atom. The second-order valence-electron chi connectivity index (χ2n) is 8.38. The molecule has 3 N–H and O–H groups in total. The number of hydrogen-bond acceptors (Lipinski definition) is 6. The fourth-order valence-corrected chi connectivity index (χ4v) is 4.12. The number of urea groups is 1. The van der Waals surface area contributed by atoms with Gasteiger partial charge in [-0.3, -0.25) is 4.79 Å². The zero-order valence-corrected chi connectivity index (χ0v) is 18.9. The number of nitrogens with zero attached hydrogens (tertiary/aromatic N) is 1. The second-order valence-corrected chi connectivity index (χ2v) is 8.38. The highest BCUT2D eigenvalue weighted by molar-refractivity contribution is 5.93. The van der Waals surface area contributed by atoms with E-state index in [-0.39, 0.29) is 42.3 Å². The van der Waals surface area contributed by atoms with Crippen LogP contribution in [-0.2, 0) is 14.3 Å². The fourth-order valence-electron chi connectivity index (χ4n) is 4.12. The zero-order chi connectivity index (χ0) is 23.8. The number of allylic oxidation sites excluding steroid dienone is 1. The van der Waals surface area contributed by atoms with E-state index >= 15 is 0 Å². The summed E-state index contributed by atoms with van der Waals surface area (Å²) in [6.45, 7) is 3.66. The molecule has 3 amide bonds. The van der Waals surface area contributed by atoms with Crippen LogP contribution in [0.25, 0.3) is 0 Å². The highest BCUT2D eigenvalue weighted by Crippen LogP contribution is 2.31. The van der Waals surface area contributed by atoms with Gasteiger partial charge < -0.3 is 25.4 Å². The van der Waals surface area contributed by atoms with Crippen LogP contribution >= 0.6 is 0 Å². The molecule has 4 unspecified atom stereocenters. The van der Waals surface area contributed by atoms with Crippen molar-refractivity contribution in [2.45, 2.75) is 70.2 Å². The highest BCUT2D eigenvalue weighted by Gasteiger charge is 2.37. The molecule has 0 spiro atoms. The molecule has 5 atom stereocenters. The molecule has 2 aliphatic rings. The van der Waals surface area contributed by atoms with Crippen molar-refractivity contribution < 1.29 is 23.9 Å². The topological polar surface area (TPSA) is 130 Å². The van der Waals surface area contributed by atoms with Gasteiger partial charge in [-0.1, -0.05) is 19.1 Å². The minimum Gasteiger partial charge on any atom is -0.497 e. The molecule has 0 aromatic heterocycles. The van der Waals surface area contributed by atoms with Gasteiger partial charge in [0.25, 0.3) is 0 Å². The van der Waals surface area contributed by atoms with Gasteiger partial charge in [0.15, 0.2) is 5.78 Å². The summed E-state index contributed by atoms with van der Waals surface area (Å²) in [6, 6.07) is 8.40. The lowest BCUT2D eigenvalue weighted by molar-refractivity contribution is -0.125. The van der Waals surface area contributed by atoms with Crippen molar-refractivity contribution in [3.63, 3.8) is 0 Å². The van der Waals surface area contributed by atoms with Crippen molar-refractivity contribution in [3.8, 4) is 6.07 Å². The van der Waals surface area contributed by atoms with Crippen molar-refractivity contribution >= 4 is 23.6 Å². The van der Waals surface area contributed by atoms with Crippen LogP contribution in [0.4, 0.5) is 15.3 Å². The average molecular weight is 455 g/mol. The molecule has 1 aliphatic heterocycles.